The van der Waals surface area contributed by atoms with E-state index in [0.717, 1.165) is 10.5 Å². The van der Waals surface area contributed by atoms with Crippen molar-refractivity contribution in [2.45, 2.75) is 25.0 Å². The molecule has 0 fully saturated rings. The van der Waals surface area contributed by atoms with Crippen molar-refractivity contribution in [3.8, 4) is 5.75 Å². The molecule has 7 nitrogen and oxygen atoms in total. The van der Waals surface area contributed by atoms with Gasteiger partial charge in [-0.05, 0) is 44.2 Å². The molecule has 2 aromatic rings. The van der Waals surface area contributed by atoms with Crippen molar-refractivity contribution in [2.75, 3.05) is 38.8 Å². The van der Waals surface area contributed by atoms with Crippen LogP contribution in [0.2, 0.25) is 0 Å². The Hall–Kier alpha value is -2.81. The third-order valence-electron chi connectivity index (χ3n) is 4.88. The summed E-state index contributed by atoms with van der Waals surface area (Å²) >= 11 is 1.38. The second kappa shape index (κ2) is 11.2. The monoisotopic (exact) mass is 456 g/mol. The number of fused-ring (bicyclic) bond motifs is 1. The van der Waals surface area contributed by atoms with Gasteiger partial charge < -0.3 is 24.4 Å². The lowest BCUT2D eigenvalue weighted by atomic mass is 10.1. The highest BCUT2D eigenvalue weighted by Gasteiger charge is 2.27. The third kappa shape index (κ3) is 5.51. The van der Waals surface area contributed by atoms with Gasteiger partial charge >= 0.3 is 0 Å². The Balaban J connectivity index is 1.78. The van der Waals surface area contributed by atoms with Gasteiger partial charge in [0.05, 0.1) is 24.2 Å². The molecule has 8 heteroatoms. The highest BCUT2D eigenvalue weighted by atomic mass is 32.2. The number of likely N-dealkylation sites (N-methyl/N-ethyl adjacent to an activating group) is 1. The minimum Gasteiger partial charge on any atom is -0.496 e. The van der Waals surface area contributed by atoms with E-state index in [1.54, 1.807) is 31.2 Å². The van der Waals surface area contributed by atoms with E-state index in [9.17, 15) is 9.59 Å². The fourth-order valence-electron chi connectivity index (χ4n) is 3.28. The molecule has 1 N–H and O–H groups in total. The van der Waals surface area contributed by atoms with Gasteiger partial charge in [-0.2, -0.15) is 0 Å². The van der Waals surface area contributed by atoms with E-state index in [0.29, 0.717) is 35.1 Å². The lowest BCUT2D eigenvalue weighted by Crippen LogP contribution is -2.35. The summed E-state index contributed by atoms with van der Waals surface area (Å²) in [7, 11) is 3.31. The molecule has 0 bridgehead atoms. The van der Waals surface area contributed by atoms with Gasteiger partial charge in [0.2, 0.25) is 0 Å². The third-order valence-corrected chi connectivity index (χ3v) is 5.96. The summed E-state index contributed by atoms with van der Waals surface area (Å²) in [6, 6.07) is 12.9. The summed E-state index contributed by atoms with van der Waals surface area (Å²) in [5.41, 5.74) is 1.99. The van der Waals surface area contributed by atoms with Gasteiger partial charge in [0.25, 0.3) is 11.8 Å². The molecule has 0 atom stereocenters. The van der Waals surface area contributed by atoms with Crippen LogP contribution >= 0.6 is 11.8 Å². The molecule has 0 saturated heterocycles. The summed E-state index contributed by atoms with van der Waals surface area (Å²) in [6.07, 6.45) is 1.34. The average Bonchev–Trinajstić information content (AvgIpc) is 2.81. The zero-order valence-electron chi connectivity index (χ0n) is 18.7. The molecule has 0 saturated carbocycles. The van der Waals surface area contributed by atoms with Gasteiger partial charge in [-0.15, -0.1) is 0 Å². The molecule has 170 valence electrons. The number of thioether (sulfide) groups is 1. The zero-order chi connectivity index (χ0) is 23.1. The average molecular weight is 457 g/mol. The van der Waals surface area contributed by atoms with Crippen LogP contribution in [-0.2, 0) is 14.3 Å². The van der Waals surface area contributed by atoms with E-state index in [1.165, 1.54) is 11.8 Å². The number of benzene rings is 2. The standard InChI is InChI=1S/C24H28N2O5S/c1-5-30-22(31-6-2)15-25-23(27)17-11-12-20-18(13-17)26(3)24(28)21(32-20)14-16-9-7-8-10-19(16)29-4/h7-14,22H,5-6,15H2,1-4H3,(H,25,27). The molecular formula is C24H28N2O5S. The highest BCUT2D eigenvalue weighted by Crippen LogP contribution is 2.42. The minimum atomic E-state index is -0.492. The molecule has 32 heavy (non-hydrogen) atoms. The largest absolute Gasteiger partial charge is 0.496 e. The van der Waals surface area contributed by atoms with Gasteiger partial charge in [0.1, 0.15) is 5.75 Å². The molecule has 1 aliphatic rings. The van der Waals surface area contributed by atoms with Crippen molar-refractivity contribution in [1.82, 2.24) is 5.32 Å². The predicted octanol–water partition coefficient (Wildman–Crippen LogP) is 3.93. The fourth-order valence-corrected chi connectivity index (χ4v) is 4.36. The van der Waals surface area contributed by atoms with Crippen molar-refractivity contribution in [1.29, 1.82) is 0 Å². The van der Waals surface area contributed by atoms with Crippen molar-refractivity contribution >= 4 is 35.3 Å². The number of nitrogens with one attached hydrogen (secondary N) is 1. The van der Waals surface area contributed by atoms with E-state index in [4.69, 9.17) is 14.2 Å². The molecule has 0 unspecified atom stereocenters. The van der Waals surface area contributed by atoms with Crippen LogP contribution in [0.5, 0.6) is 5.75 Å². The maximum atomic E-state index is 13.0. The summed E-state index contributed by atoms with van der Waals surface area (Å²) in [6.45, 7) is 4.98. The lowest BCUT2D eigenvalue weighted by Gasteiger charge is -2.27. The Bertz CT molecular complexity index is 1000. The van der Waals surface area contributed by atoms with Gasteiger partial charge in [-0.25, -0.2) is 0 Å². The first-order valence-electron chi connectivity index (χ1n) is 10.4. The van der Waals surface area contributed by atoms with Gasteiger partial charge in [0, 0.05) is 36.3 Å². The summed E-state index contributed by atoms with van der Waals surface area (Å²) in [4.78, 5) is 28.7. The van der Waals surface area contributed by atoms with Gasteiger partial charge in [-0.3, -0.25) is 9.59 Å². The van der Waals surface area contributed by atoms with E-state index in [-0.39, 0.29) is 18.4 Å². The molecule has 3 rings (SSSR count). The maximum Gasteiger partial charge on any atom is 0.264 e. The topological polar surface area (TPSA) is 77.1 Å². The number of nitrogens with zero attached hydrogens (tertiary/aromatic N) is 1. The smallest absolute Gasteiger partial charge is 0.264 e. The molecule has 0 spiro atoms. The summed E-state index contributed by atoms with van der Waals surface area (Å²) in [5.74, 6) is 0.309. The van der Waals surface area contributed by atoms with Crippen molar-refractivity contribution in [2.24, 2.45) is 0 Å². The lowest BCUT2D eigenvalue weighted by molar-refractivity contribution is -0.131. The number of ether oxygens (including phenoxy) is 3. The van der Waals surface area contributed by atoms with Crippen molar-refractivity contribution in [3.63, 3.8) is 0 Å². The van der Waals surface area contributed by atoms with Crippen LogP contribution in [-0.4, -0.2) is 52.0 Å². The second-order valence-corrected chi connectivity index (χ2v) is 8.03. The van der Waals surface area contributed by atoms with Crippen LogP contribution in [0.15, 0.2) is 52.3 Å². The number of carbonyl (C=O) groups excluding carboxylic acids is 2. The molecule has 0 aromatic heterocycles. The molecule has 0 aliphatic carbocycles. The van der Waals surface area contributed by atoms with Crippen molar-refractivity contribution < 1.29 is 23.8 Å². The molecule has 2 amide bonds. The maximum absolute atomic E-state index is 13.0. The molecule has 1 aliphatic heterocycles. The van der Waals surface area contributed by atoms with Crippen LogP contribution in [0.4, 0.5) is 5.69 Å². The van der Waals surface area contributed by atoms with Crippen LogP contribution in [0.1, 0.15) is 29.8 Å². The quantitative estimate of drug-likeness (QED) is 0.455. The molecule has 0 radical (unpaired) electrons. The first-order valence-corrected chi connectivity index (χ1v) is 11.3. The van der Waals surface area contributed by atoms with Crippen LogP contribution < -0.4 is 15.0 Å². The summed E-state index contributed by atoms with van der Waals surface area (Å²) in [5, 5.41) is 2.83. The second-order valence-electron chi connectivity index (χ2n) is 6.95. The Morgan fingerprint density at radius 1 is 1.16 bits per heavy atom. The number of para-hydroxylation sites is 1. The predicted molar refractivity (Wildman–Crippen MR) is 126 cm³/mol. The Morgan fingerprint density at radius 2 is 1.88 bits per heavy atom. The molecular weight excluding hydrogens is 428 g/mol. The first kappa shape index (κ1) is 23.8. The number of carbonyl (C=O) groups is 2. The number of rotatable bonds is 9. The number of amides is 2. The number of hydrogen-bond donors (Lipinski definition) is 1. The van der Waals surface area contributed by atoms with Crippen molar-refractivity contribution in [3.05, 3.63) is 58.5 Å². The van der Waals surface area contributed by atoms with Crippen LogP contribution in [0.25, 0.3) is 6.08 Å². The Morgan fingerprint density at radius 3 is 2.56 bits per heavy atom. The van der Waals surface area contributed by atoms with E-state index < -0.39 is 6.29 Å². The zero-order valence-corrected chi connectivity index (χ0v) is 19.5. The van der Waals surface area contributed by atoms with Crippen LogP contribution in [0.3, 0.4) is 0 Å². The first-order chi connectivity index (χ1) is 15.5. The normalized spacial score (nSPS) is 14.6. The molecule has 1 heterocycles. The highest BCUT2D eigenvalue weighted by molar-refractivity contribution is 8.04. The van der Waals surface area contributed by atoms with Crippen LogP contribution in [0, 0.1) is 0 Å². The number of hydrogen-bond acceptors (Lipinski definition) is 6. The minimum absolute atomic E-state index is 0.140. The molecule has 2 aromatic carbocycles. The fraction of sp³-hybridized carbons (Fsp3) is 0.333. The van der Waals surface area contributed by atoms with Gasteiger partial charge in [-0.1, -0.05) is 30.0 Å². The van der Waals surface area contributed by atoms with E-state index >= 15 is 0 Å². The van der Waals surface area contributed by atoms with E-state index in [2.05, 4.69) is 5.32 Å². The summed E-state index contributed by atoms with van der Waals surface area (Å²) < 4.78 is 16.3. The van der Waals surface area contributed by atoms with E-state index in [1.807, 2.05) is 50.3 Å². The Kier molecular flexibility index (Phi) is 8.33. The van der Waals surface area contributed by atoms with Gasteiger partial charge in [0.15, 0.2) is 6.29 Å². The number of anilines is 1. The SMILES string of the molecule is CCOC(CNC(=O)c1ccc2c(c1)N(C)C(=O)C(=Cc1ccccc1OC)S2)OCC. The Labute approximate surface area is 192 Å². The number of methoxy groups -OCH3 is 1.